The third-order valence-electron chi connectivity index (χ3n) is 2.68. The van der Waals surface area contributed by atoms with Gasteiger partial charge in [-0.3, -0.25) is 4.79 Å². The van der Waals surface area contributed by atoms with E-state index in [1.165, 1.54) is 0 Å². The number of methoxy groups -OCH3 is 1. The van der Waals surface area contributed by atoms with Crippen LogP contribution >= 0.6 is 0 Å². The van der Waals surface area contributed by atoms with E-state index in [9.17, 15) is 4.79 Å². The summed E-state index contributed by atoms with van der Waals surface area (Å²) in [5.41, 5.74) is 1.06. The minimum Gasteiger partial charge on any atom is -0.542 e. The highest BCUT2D eigenvalue weighted by molar-refractivity contribution is 6.71. The summed E-state index contributed by atoms with van der Waals surface area (Å²) in [5.74, 6) is 1.37. The number of hydrogen-bond donors (Lipinski definition) is 0. The molecule has 0 fully saturated rings. The lowest BCUT2D eigenvalue weighted by Crippen LogP contribution is -2.29. The first-order chi connectivity index (χ1) is 10.00. The summed E-state index contributed by atoms with van der Waals surface area (Å²) in [6, 6.07) is 5.84. The molecular weight excluding hydrogens is 312 g/mol. The van der Waals surface area contributed by atoms with Gasteiger partial charge in [-0.1, -0.05) is 6.07 Å². The predicted octanol–water partition coefficient (Wildman–Crippen LogP) is 4.22. The lowest BCUT2D eigenvalue weighted by molar-refractivity contribution is -0.135. The molecule has 0 aromatic heterocycles. The maximum absolute atomic E-state index is 11.8. The van der Waals surface area contributed by atoms with Gasteiger partial charge in [-0.05, 0) is 63.4 Å². The molecule has 1 aromatic carbocycles. The Balaban J connectivity index is 2.76. The van der Waals surface area contributed by atoms with Crippen LogP contribution in [0.1, 0.15) is 12.0 Å². The Morgan fingerprint density at radius 1 is 1.00 bits per heavy atom. The summed E-state index contributed by atoms with van der Waals surface area (Å²) < 4.78 is 16.9. The molecule has 0 spiro atoms. The van der Waals surface area contributed by atoms with Crippen LogP contribution in [0.25, 0.3) is 0 Å². The van der Waals surface area contributed by atoms with Gasteiger partial charge in [-0.2, -0.15) is 0 Å². The van der Waals surface area contributed by atoms with Gasteiger partial charge in [0, 0.05) is 6.42 Å². The monoisotopic (exact) mass is 340 g/mol. The third-order valence-corrected chi connectivity index (χ3v) is 4.35. The summed E-state index contributed by atoms with van der Waals surface area (Å²) in [6.07, 6.45) is 1.04. The minimum atomic E-state index is -1.80. The first-order valence-electron chi connectivity index (χ1n) is 7.58. The highest BCUT2D eigenvalue weighted by atomic mass is 28.4. The van der Waals surface area contributed by atoms with Crippen molar-refractivity contribution in [3.8, 4) is 11.5 Å². The molecule has 0 heterocycles. The summed E-state index contributed by atoms with van der Waals surface area (Å²) in [6.45, 7) is 12.4. The number of hydrogen-bond acceptors (Lipinski definition) is 4. The molecule has 1 rings (SSSR count). The van der Waals surface area contributed by atoms with E-state index in [-0.39, 0.29) is 5.97 Å². The number of carbonyl (C=O) groups is 1. The Morgan fingerprint density at radius 2 is 1.64 bits per heavy atom. The molecule has 0 saturated heterocycles. The molecule has 4 nitrogen and oxygen atoms in total. The Bertz CT molecular complexity index is 516. The molecule has 0 aliphatic rings. The van der Waals surface area contributed by atoms with Crippen LogP contribution in [0.2, 0.25) is 39.3 Å². The van der Waals surface area contributed by atoms with Crippen molar-refractivity contribution in [2.24, 2.45) is 0 Å². The van der Waals surface area contributed by atoms with Gasteiger partial charge in [0.2, 0.25) is 16.6 Å². The van der Waals surface area contributed by atoms with Crippen molar-refractivity contribution >= 4 is 22.6 Å². The maximum atomic E-state index is 11.8. The molecule has 0 saturated carbocycles. The normalized spacial score (nSPS) is 12.0. The summed E-state index contributed by atoms with van der Waals surface area (Å²) in [4.78, 5) is 11.8. The molecule has 1 aromatic rings. The molecule has 124 valence electrons. The van der Waals surface area contributed by atoms with Gasteiger partial charge in [-0.25, -0.2) is 0 Å². The molecule has 0 aliphatic heterocycles. The zero-order valence-electron chi connectivity index (χ0n) is 14.8. The van der Waals surface area contributed by atoms with Gasteiger partial charge >= 0.3 is 0 Å². The van der Waals surface area contributed by atoms with Gasteiger partial charge in [0.25, 0.3) is 5.97 Å². The topological polar surface area (TPSA) is 44.8 Å². The number of benzene rings is 1. The highest BCUT2D eigenvalue weighted by Crippen LogP contribution is 2.30. The average molecular weight is 341 g/mol. The van der Waals surface area contributed by atoms with Crippen LogP contribution in [-0.2, 0) is 15.6 Å². The fourth-order valence-corrected chi connectivity index (χ4v) is 3.53. The molecule has 0 N–H and O–H groups in total. The van der Waals surface area contributed by atoms with Crippen LogP contribution in [0.4, 0.5) is 0 Å². The molecule has 0 bridgehead atoms. The summed E-state index contributed by atoms with van der Waals surface area (Å²) in [7, 11) is -1.88. The zero-order valence-corrected chi connectivity index (χ0v) is 16.8. The Labute approximate surface area is 136 Å². The zero-order chi connectivity index (χ0) is 17.0. The van der Waals surface area contributed by atoms with Crippen LogP contribution in [0, 0.1) is 0 Å². The number of ether oxygens (including phenoxy) is 1. The molecule has 6 heteroatoms. The smallest absolute Gasteiger partial charge is 0.292 e. The number of carbonyl (C=O) groups excluding carboxylic acids is 1. The van der Waals surface area contributed by atoms with Crippen molar-refractivity contribution in [1.82, 2.24) is 0 Å². The molecule has 0 unspecified atom stereocenters. The van der Waals surface area contributed by atoms with Crippen LogP contribution in [0.5, 0.6) is 11.5 Å². The molecule has 0 atom stereocenters. The summed E-state index contributed by atoms with van der Waals surface area (Å²) in [5, 5.41) is 0. The minimum absolute atomic E-state index is 0.123. The first kappa shape index (κ1) is 18.8. The molecule has 0 aliphatic carbocycles. The van der Waals surface area contributed by atoms with E-state index in [1.54, 1.807) is 7.11 Å². The van der Waals surface area contributed by atoms with Crippen molar-refractivity contribution in [2.45, 2.75) is 52.1 Å². The first-order valence-corrected chi connectivity index (χ1v) is 14.4. The second-order valence-corrected chi connectivity index (χ2v) is 16.1. The van der Waals surface area contributed by atoms with E-state index < -0.39 is 16.6 Å². The SMILES string of the molecule is COc1ccc(CCC(=O)O[Si](C)(C)C)cc1O[Si](C)(C)C. The van der Waals surface area contributed by atoms with E-state index in [4.69, 9.17) is 13.6 Å². The summed E-state index contributed by atoms with van der Waals surface area (Å²) >= 11 is 0. The van der Waals surface area contributed by atoms with E-state index >= 15 is 0 Å². The predicted molar refractivity (Wildman–Crippen MR) is 94.7 cm³/mol. The largest absolute Gasteiger partial charge is 0.542 e. The highest BCUT2D eigenvalue weighted by Gasteiger charge is 2.21. The third kappa shape index (κ3) is 7.13. The van der Waals surface area contributed by atoms with E-state index in [0.29, 0.717) is 12.8 Å². The van der Waals surface area contributed by atoms with E-state index in [1.807, 2.05) is 37.8 Å². The average Bonchev–Trinajstić information content (AvgIpc) is 2.32. The van der Waals surface area contributed by atoms with Gasteiger partial charge < -0.3 is 13.6 Å². The van der Waals surface area contributed by atoms with Crippen molar-refractivity contribution < 1.29 is 18.4 Å². The van der Waals surface area contributed by atoms with Gasteiger partial charge in [0.05, 0.1) is 7.11 Å². The van der Waals surface area contributed by atoms with Crippen molar-refractivity contribution in [3.63, 3.8) is 0 Å². The Hall–Kier alpha value is -1.28. The Kier molecular flexibility index (Phi) is 6.25. The van der Waals surface area contributed by atoms with Crippen molar-refractivity contribution in [2.75, 3.05) is 7.11 Å². The van der Waals surface area contributed by atoms with Gasteiger partial charge in [0.1, 0.15) is 5.75 Å². The van der Waals surface area contributed by atoms with E-state index in [0.717, 1.165) is 17.1 Å². The second-order valence-electron chi connectivity index (χ2n) is 7.29. The van der Waals surface area contributed by atoms with Crippen molar-refractivity contribution in [3.05, 3.63) is 23.8 Å². The van der Waals surface area contributed by atoms with Crippen LogP contribution in [0.15, 0.2) is 18.2 Å². The fourth-order valence-electron chi connectivity index (χ4n) is 1.93. The molecule has 0 radical (unpaired) electrons. The van der Waals surface area contributed by atoms with Crippen LogP contribution < -0.4 is 9.16 Å². The lowest BCUT2D eigenvalue weighted by atomic mass is 10.1. The molecule has 22 heavy (non-hydrogen) atoms. The number of aryl methyl sites for hydroxylation is 1. The van der Waals surface area contributed by atoms with Crippen LogP contribution in [-0.4, -0.2) is 29.7 Å². The Morgan fingerprint density at radius 3 is 2.14 bits per heavy atom. The van der Waals surface area contributed by atoms with Gasteiger partial charge in [-0.15, -0.1) is 0 Å². The number of rotatable bonds is 7. The molecular formula is C16H28O4Si2. The van der Waals surface area contributed by atoms with Gasteiger partial charge in [0.15, 0.2) is 5.75 Å². The maximum Gasteiger partial charge on any atom is 0.292 e. The second kappa shape index (κ2) is 7.33. The van der Waals surface area contributed by atoms with Crippen LogP contribution in [0.3, 0.4) is 0 Å². The lowest BCUT2D eigenvalue weighted by Gasteiger charge is -2.22. The molecule has 0 amide bonds. The quantitative estimate of drug-likeness (QED) is 0.697. The standard InChI is InChI=1S/C16H28O4Si2/c1-18-14-10-8-13(12-15(14)19-21(2,3)4)9-11-16(17)20-22(5,6)7/h8,10,12H,9,11H2,1-7H3. The van der Waals surface area contributed by atoms with E-state index in [2.05, 4.69) is 19.6 Å². The fraction of sp³-hybridized carbons (Fsp3) is 0.562. The van der Waals surface area contributed by atoms with Crippen molar-refractivity contribution in [1.29, 1.82) is 0 Å².